The van der Waals surface area contributed by atoms with Crippen molar-refractivity contribution in [3.8, 4) is 0 Å². The Morgan fingerprint density at radius 1 is 1.41 bits per heavy atom. The lowest BCUT2D eigenvalue weighted by atomic mass is 10.2. The van der Waals surface area contributed by atoms with Crippen molar-refractivity contribution in [2.75, 3.05) is 24.4 Å². The van der Waals surface area contributed by atoms with Crippen LogP contribution < -0.4 is 10.2 Å². The van der Waals surface area contributed by atoms with Gasteiger partial charge in [-0.05, 0) is 12.1 Å². The molecule has 0 atom stereocenters. The molecular weight excluding hydrogens is 220 g/mol. The van der Waals surface area contributed by atoms with Gasteiger partial charge < -0.3 is 15.0 Å². The highest BCUT2D eigenvalue weighted by Crippen LogP contribution is 2.23. The van der Waals surface area contributed by atoms with E-state index in [2.05, 4.69) is 10.1 Å². The van der Waals surface area contributed by atoms with Gasteiger partial charge in [0.2, 0.25) is 6.41 Å². The van der Waals surface area contributed by atoms with E-state index in [1.807, 2.05) is 12.1 Å². The van der Waals surface area contributed by atoms with Crippen LogP contribution in [0.4, 0.5) is 11.4 Å². The molecule has 0 fully saturated rings. The number of ether oxygens (including phenoxy) is 1. The number of methoxy groups -OCH3 is 1. The highest BCUT2D eigenvalue weighted by atomic mass is 16.5. The van der Waals surface area contributed by atoms with Crippen LogP contribution in [0, 0.1) is 0 Å². The van der Waals surface area contributed by atoms with Crippen molar-refractivity contribution in [2.45, 2.75) is 0 Å². The van der Waals surface area contributed by atoms with Gasteiger partial charge in [-0.1, -0.05) is 12.1 Å². The Kier molecular flexibility index (Phi) is 4.75. The molecule has 1 aromatic carbocycles. The molecule has 0 saturated heterocycles. The summed E-state index contributed by atoms with van der Waals surface area (Å²) in [5.41, 5.74) is 1.44. The molecule has 0 unspecified atom stereocenters. The molecule has 0 spiro atoms. The van der Waals surface area contributed by atoms with Crippen LogP contribution >= 0.6 is 0 Å². The van der Waals surface area contributed by atoms with Crippen LogP contribution in [-0.2, 0) is 14.3 Å². The average Bonchev–Trinajstić information content (AvgIpc) is 2.38. The summed E-state index contributed by atoms with van der Waals surface area (Å²) >= 11 is 0. The van der Waals surface area contributed by atoms with Crippen molar-refractivity contribution in [1.29, 1.82) is 0 Å². The number of hydrogen-bond acceptors (Lipinski definition) is 4. The van der Waals surface area contributed by atoms with Crippen molar-refractivity contribution in [3.63, 3.8) is 0 Å². The van der Waals surface area contributed by atoms with Crippen molar-refractivity contribution in [3.05, 3.63) is 36.5 Å². The van der Waals surface area contributed by atoms with E-state index in [-0.39, 0.29) is 0 Å². The maximum absolute atomic E-state index is 10.9. The fourth-order valence-corrected chi connectivity index (χ4v) is 1.23. The summed E-state index contributed by atoms with van der Waals surface area (Å²) in [7, 11) is 2.96. The molecule has 1 amide bonds. The number of amides is 1. The van der Waals surface area contributed by atoms with Gasteiger partial charge in [0.1, 0.15) is 0 Å². The lowest BCUT2D eigenvalue weighted by molar-refractivity contribution is -0.134. The number of carbonyl (C=O) groups excluding carboxylic acids is 2. The predicted molar refractivity (Wildman–Crippen MR) is 65.7 cm³/mol. The largest absolute Gasteiger partial charge is 0.466 e. The number of nitrogens with one attached hydrogen (secondary N) is 1. The third-order valence-electron chi connectivity index (χ3n) is 2.10. The molecule has 1 rings (SSSR count). The third-order valence-corrected chi connectivity index (χ3v) is 2.10. The van der Waals surface area contributed by atoms with E-state index in [4.69, 9.17) is 0 Å². The smallest absolute Gasteiger partial charge is 0.331 e. The Morgan fingerprint density at radius 2 is 2.12 bits per heavy atom. The Bertz CT molecular complexity index is 430. The van der Waals surface area contributed by atoms with Crippen LogP contribution in [0.5, 0.6) is 0 Å². The molecule has 0 aliphatic carbocycles. The van der Waals surface area contributed by atoms with Gasteiger partial charge in [-0.3, -0.25) is 4.79 Å². The van der Waals surface area contributed by atoms with Gasteiger partial charge in [0.15, 0.2) is 0 Å². The van der Waals surface area contributed by atoms with Gasteiger partial charge in [0.25, 0.3) is 0 Å². The van der Waals surface area contributed by atoms with Gasteiger partial charge in [0, 0.05) is 19.3 Å². The van der Waals surface area contributed by atoms with Gasteiger partial charge in [0.05, 0.1) is 18.5 Å². The van der Waals surface area contributed by atoms with E-state index < -0.39 is 5.97 Å². The second-order valence-electron chi connectivity index (χ2n) is 3.23. The minimum atomic E-state index is -0.446. The van der Waals surface area contributed by atoms with Crippen LogP contribution in [0.1, 0.15) is 0 Å². The number of anilines is 2. The molecule has 1 N–H and O–H groups in total. The van der Waals surface area contributed by atoms with Crippen LogP contribution in [-0.4, -0.2) is 26.5 Å². The number of esters is 1. The summed E-state index contributed by atoms with van der Waals surface area (Å²) in [5, 5.41) is 2.91. The molecule has 0 aliphatic heterocycles. The van der Waals surface area contributed by atoms with Crippen molar-refractivity contribution < 1.29 is 14.3 Å². The maximum atomic E-state index is 10.9. The first-order valence-electron chi connectivity index (χ1n) is 4.97. The van der Waals surface area contributed by atoms with E-state index >= 15 is 0 Å². The number of hydrogen-bond donors (Lipinski definition) is 1. The second-order valence-corrected chi connectivity index (χ2v) is 3.23. The molecule has 0 aromatic heterocycles. The zero-order chi connectivity index (χ0) is 12.7. The standard InChI is InChI=1S/C12H14N2O3/c1-14(9-15)11-6-4-3-5-10(11)13-8-7-12(16)17-2/h3-9,13H,1-2H3/b8-7-. The summed E-state index contributed by atoms with van der Waals surface area (Å²) in [6, 6.07) is 7.25. The number of carbonyl (C=O) groups is 2. The normalized spacial score (nSPS) is 10.0. The maximum Gasteiger partial charge on any atom is 0.331 e. The SMILES string of the molecule is COC(=O)/C=C\Nc1ccccc1N(C)C=O. The minimum Gasteiger partial charge on any atom is -0.466 e. The number of benzene rings is 1. The minimum absolute atomic E-state index is 0.446. The Balaban J connectivity index is 2.80. The Labute approximate surface area is 99.7 Å². The zero-order valence-corrected chi connectivity index (χ0v) is 9.71. The molecule has 0 heterocycles. The fourth-order valence-electron chi connectivity index (χ4n) is 1.23. The first kappa shape index (κ1) is 12.8. The molecule has 0 bridgehead atoms. The molecule has 5 nitrogen and oxygen atoms in total. The second kappa shape index (κ2) is 6.32. The van der Waals surface area contributed by atoms with E-state index in [0.717, 1.165) is 11.4 Å². The summed E-state index contributed by atoms with van der Waals surface area (Å²) in [6.07, 6.45) is 3.44. The van der Waals surface area contributed by atoms with E-state index in [1.165, 1.54) is 24.3 Å². The topological polar surface area (TPSA) is 58.6 Å². The van der Waals surface area contributed by atoms with Gasteiger partial charge in [-0.15, -0.1) is 0 Å². The van der Waals surface area contributed by atoms with Gasteiger partial charge in [-0.2, -0.15) is 0 Å². The lowest BCUT2D eigenvalue weighted by Crippen LogP contribution is -2.15. The van der Waals surface area contributed by atoms with Crippen molar-refractivity contribution >= 4 is 23.8 Å². The third kappa shape index (κ3) is 3.64. The highest BCUT2D eigenvalue weighted by Gasteiger charge is 2.03. The predicted octanol–water partition coefficient (Wildman–Crippen LogP) is 1.38. The highest BCUT2D eigenvalue weighted by molar-refractivity contribution is 5.85. The first-order chi connectivity index (χ1) is 8.19. The molecule has 0 radical (unpaired) electrons. The molecule has 17 heavy (non-hydrogen) atoms. The summed E-state index contributed by atoms with van der Waals surface area (Å²) < 4.78 is 4.45. The Morgan fingerprint density at radius 3 is 2.76 bits per heavy atom. The summed E-state index contributed by atoms with van der Waals surface area (Å²) in [5.74, 6) is -0.446. The average molecular weight is 234 g/mol. The van der Waals surface area contributed by atoms with Gasteiger partial charge in [-0.25, -0.2) is 4.79 Å². The lowest BCUT2D eigenvalue weighted by Gasteiger charge is -2.15. The van der Waals surface area contributed by atoms with Crippen LogP contribution in [0.15, 0.2) is 36.5 Å². The monoisotopic (exact) mass is 234 g/mol. The van der Waals surface area contributed by atoms with E-state index in [1.54, 1.807) is 19.2 Å². The molecular formula is C12H14N2O3. The van der Waals surface area contributed by atoms with Crippen LogP contribution in [0.25, 0.3) is 0 Å². The molecule has 1 aromatic rings. The van der Waals surface area contributed by atoms with E-state index in [9.17, 15) is 9.59 Å². The summed E-state index contributed by atoms with van der Waals surface area (Å²) in [4.78, 5) is 23.0. The van der Waals surface area contributed by atoms with E-state index in [0.29, 0.717) is 6.41 Å². The first-order valence-corrected chi connectivity index (χ1v) is 4.97. The molecule has 5 heteroatoms. The number of nitrogens with zero attached hydrogens (tertiary/aromatic N) is 1. The van der Waals surface area contributed by atoms with Crippen LogP contribution in [0.3, 0.4) is 0 Å². The Hall–Kier alpha value is -2.30. The van der Waals surface area contributed by atoms with Crippen molar-refractivity contribution in [2.24, 2.45) is 0 Å². The zero-order valence-electron chi connectivity index (χ0n) is 9.71. The molecule has 0 aliphatic rings. The fraction of sp³-hybridized carbons (Fsp3) is 0.167. The quantitative estimate of drug-likeness (QED) is 0.475. The van der Waals surface area contributed by atoms with Crippen LogP contribution in [0.2, 0.25) is 0 Å². The number of para-hydroxylation sites is 2. The van der Waals surface area contributed by atoms with Gasteiger partial charge >= 0.3 is 5.97 Å². The molecule has 90 valence electrons. The number of rotatable bonds is 5. The molecule has 0 saturated carbocycles. The van der Waals surface area contributed by atoms with Crippen molar-refractivity contribution in [1.82, 2.24) is 0 Å². The summed E-state index contributed by atoms with van der Waals surface area (Å²) in [6.45, 7) is 0.